The van der Waals surface area contributed by atoms with Crippen molar-refractivity contribution in [2.45, 2.75) is 26.2 Å². The number of carbonyl (C=O) groups is 2. The molecular formula is C24H26N6O5. The first-order valence-electron chi connectivity index (χ1n) is 11.6. The van der Waals surface area contributed by atoms with Gasteiger partial charge in [-0.3, -0.25) is 9.80 Å². The monoisotopic (exact) mass is 478 g/mol. The van der Waals surface area contributed by atoms with Gasteiger partial charge in [0.15, 0.2) is 5.65 Å². The Morgan fingerprint density at radius 3 is 2.71 bits per heavy atom. The molecule has 1 saturated heterocycles. The average Bonchev–Trinajstić information content (AvgIpc) is 3.33. The molecule has 0 bridgehead atoms. The molecule has 3 heterocycles. The Morgan fingerprint density at radius 2 is 1.97 bits per heavy atom. The van der Waals surface area contributed by atoms with Crippen LogP contribution in [0.25, 0.3) is 16.7 Å². The van der Waals surface area contributed by atoms with Crippen molar-refractivity contribution < 1.29 is 19.1 Å². The maximum atomic E-state index is 13.2. The van der Waals surface area contributed by atoms with E-state index in [-0.39, 0.29) is 10.9 Å². The van der Waals surface area contributed by atoms with Crippen LogP contribution in [0.3, 0.4) is 0 Å². The smallest absolute Gasteiger partial charge is 0.379 e. The summed E-state index contributed by atoms with van der Waals surface area (Å²) in [5.74, 6) is -0.685. The number of primary amides is 1. The van der Waals surface area contributed by atoms with Gasteiger partial charge in [0.05, 0.1) is 18.6 Å². The van der Waals surface area contributed by atoms with Crippen molar-refractivity contribution in [1.29, 1.82) is 0 Å². The Morgan fingerprint density at radius 1 is 1.20 bits per heavy atom. The number of amides is 1. The van der Waals surface area contributed by atoms with E-state index >= 15 is 0 Å². The van der Waals surface area contributed by atoms with Crippen LogP contribution in [0.4, 0.5) is 10.7 Å². The fourth-order valence-corrected chi connectivity index (χ4v) is 4.69. The fourth-order valence-electron chi connectivity index (χ4n) is 4.69. The second kappa shape index (κ2) is 9.43. The van der Waals surface area contributed by atoms with Crippen molar-refractivity contribution in [3.05, 3.63) is 57.5 Å². The zero-order valence-corrected chi connectivity index (χ0v) is 19.4. The lowest BCUT2D eigenvalue weighted by molar-refractivity contribution is 0.0314. The Hall–Kier alpha value is -3.83. The lowest BCUT2D eigenvalue weighted by Gasteiger charge is -2.36. The number of fused-ring (bicyclic) bond motifs is 2. The van der Waals surface area contributed by atoms with Crippen molar-refractivity contribution >= 4 is 29.0 Å². The number of nitrogens with zero attached hydrogens (tertiary/aromatic N) is 5. The number of aromatic nitrogens is 3. The van der Waals surface area contributed by atoms with Gasteiger partial charge in [-0.2, -0.15) is 4.98 Å². The van der Waals surface area contributed by atoms with Crippen molar-refractivity contribution in [2.24, 2.45) is 5.73 Å². The molecule has 11 heteroatoms. The predicted molar refractivity (Wildman–Crippen MR) is 128 cm³/mol. The summed E-state index contributed by atoms with van der Waals surface area (Å²) in [6.45, 7) is 5.23. The third-order valence-corrected chi connectivity index (χ3v) is 6.36. The molecule has 0 atom stereocenters. The molecule has 5 rings (SSSR count). The molecular weight excluding hydrogens is 452 g/mol. The predicted octanol–water partition coefficient (Wildman–Crippen LogP) is 1.58. The lowest BCUT2D eigenvalue weighted by atomic mass is 10.1. The minimum absolute atomic E-state index is 0.131. The van der Waals surface area contributed by atoms with Gasteiger partial charge in [-0.1, -0.05) is 6.07 Å². The first kappa shape index (κ1) is 22.9. The van der Waals surface area contributed by atoms with Crippen LogP contribution in [0, 0.1) is 0 Å². The molecule has 11 nitrogen and oxygen atoms in total. The number of hydrogen-bond donors (Lipinski definition) is 1. The van der Waals surface area contributed by atoms with Crippen LogP contribution in [0.2, 0.25) is 0 Å². The highest BCUT2D eigenvalue weighted by Gasteiger charge is 2.24. The summed E-state index contributed by atoms with van der Waals surface area (Å²) in [6, 6.07) is 6.02. The van der Waals surface area contributed by atoms with Crippen LogP contribution in [-0.4, -0.2) is 64.5 Å². The molecule has 3 aromatic rings. The fraction of sp³-hybridized carbons (Fsp3) is 0.375. The molecule has 1 amide bonds. The minimum Gasteiger partial charge on any atom is -0.379 e. The van der Waals surface area contributed by atoms with Crippen LogP contribution >= 0.6 is 0 Å². The van der Waals surface area contributed by atoms with Gasteiger partial charge >= 0.3 is 12.1 Å². The Labute approximate surface area is 201 Å². The third kappa shape index (κ3) is 4.35. The maximum Gasteiger partial charge on any atom is 0.412 e. The van der Waals surface area contributed by atoms with E-state index in [1.165, 1.54) is 23.5 Å². The molecule has 0 unspecified atom stereocenters. The normalized spacial score (nSPS) is 15.7. The summed E-state index contributed by atoms with van der Waals surface area (Å²) in [7, 11) is 0. The van der Waals surface area contributed by atoms with Crippen molar-refractivity contribution in [2.75, 3.05) is 37.9 Å². The third-order valence-electron chi connectivity index (χ3n) is 6.36. The van der Waals surface area contributed by atoms with Crippen molar-refractivity contribution in [3.63, 3.8) is 0 Å². The van der Waals surface area contributed by atoms with Gasteiger partial charge in [-0.15, -0.1) is 0 Å². The molecule has 1 fully saturated rings. The van der Waals surface area contributed by atoms with Crippen molar-refractivity contribution in [1.82, 2.24) is 19.5 Å². The number of carbonyl (C=O) groups excluding carboxylic acids is 2. The zero-order chi connectivity index (χ0) is 24.5. The second-order valence-corrected chi connectivity index (χ2v) is 8.45. The minimum atomic E-state index is -1.28. The van der Waals surface area contributed by atoms with E-state index in [0.29, 0.717) is 44.4 Å². The molecule has 2 aromatic heterocycles. The van der Waals surface area contributed by atoms with Gasteiger partial charge < -0.3 is 19.8 Å². The van der Waals surface area contributed by atoms with Gasteiger partial charge in [0.1, 0.15) is 5.56 Å². The number of benzene rings is 1. The van der Waals surface area contributed by atoms with Crippen LogP contribution in [-0.2, 0) is 22.3 Å². The molecule has 1 aliphatic carbocycles. The Kier molecular flexibility index (Phi) is 6.18. The topological polar surface area (TPSA) is 133 Å². The maximum absolute atomic E-state index is 13.2. The molecule has 2 N–H and O–H groups in total. The van der Waals surface area contributed by atoms with Gasteiger partial charge in [0.2, 0.25) is 11.4 Å². The summed E-state index contributed by atoms with van der Waals surface area (Å²) in [5, 5.41) is 4.20. The van der Waals surface area contributed by atoms with Crippen LogP contribution in [0.15, 0.2) is 35.4 Å². The van der Waals surface area contributed by atoms with Crippen LogP contribution < -0.4 is 16.2 Å². The summed E-state index contributed by atoms with van der Waals surface area (Å²) in [6.07, 6.45) is 4.54. The SMILES string of the molecule is CCN(c1ncc2c(=O)c(C(=O)OC(N)=O)cn(-c3ccc4c(c3)CCC4)c2n1)N1CCOCC1. The highest BCUT2D eigenvalue weighted by Crippen LogP contribution is 2.26. The molecule has 0 saturated carbocycles. The van der Waals surface area contributed by atoms with Gasteiger partial charge in [-0.05, 0) is 49.4 Å². The van der Waals surface area contributed by atoms with E-state index in [2.05, 4.69) is 20.8 Å². The number of hydrogen-bond acceptors (Lipinski definition) is 9. The standard InChI is InChI=1S/C24H26N6O5/c1-2-30(28-8-10-34-11-9-28)24-26-13-18-20(31)19(22(32)35-23(25)33)14-29(21(18)27-24)17-7-6-15-4-3-5-16(15)12-17/h6-7,12-14H,2-5,8-11H2,1H3,(H2,25,33). The summed E-state index contributed by atoms with van der Waals surface area (Å²) >= 11 is 0. The molecule has 0 spiro atoms. The largest absolute Gasteiger partial charge is 0.412 e. The molecule has 0 radical (unpaired) electrons. The first-order valence-corrected chi connectivity index (χ1v) is 11.6. The average molecular weight is 479 g/mol. The number of aryl methyl sites for hydroxylation is 2. The highest BCUT2D eigenvalue weighted by atomic mass is 16.6. The molecule has 2 aliphatic rings. The molecule has 182 valence electrons. The summed E-state index contributed by atoms with van der Waals surface area (Å²) in [4.78, 5) is 46.1. The van der Waals surface area contributed by atoms with E-state index in [4.69, 9.17) is 15.5 Å². The van der Waals surface area contributed by atoms with E-state index in [9.17, 15) is 14.4 Å². The summed E-state index contributed by atoms with van der Waals surface area (Å²) in [5.41, 5.74) is 7.64. The molecule has 1 aromatic carbocycles. The molecule has 1 aliphatic heterocycles. The Bertz CT molecular complexity index is 1360. The lowest BCUT2D eigenvalue weighted by Crippen LogP contribution is -2.49. The van der Waals surface area contributed by atoms with Crippen LogP contribution in [0.1, 0.15) is 34.8 Å². The number of esters is 1. The number of pyridine rings is 1. The van der Waals surface area contributed by atoms with Gasteiger partial charge in [0, 0.05) is 37.7 Å². The highest BCUT2D eigenvalue weighted by molar-refractivity contribution is 5.98. The number of anilines is 1. The van der Waals surface area contributed by atoms with E-state index in [1.54, 1.807) is 4.57 Å². The first-order chi connectivity index (χ1) is 17.0. The number of ether oxygens (including phenoxy) is 2. The summed E-state index contributed by atoms with van der Waals surface area (Å²) < 4.78 is 11.6. The van der Waals surface area contributed by atoms with E-state index < -0.39 is 17.5 Å². The van der Waals surface area contributed by atoms with Gasteiger partial charge in [0.25, 0.3) is 0 Å². The van der Waals surface area contributed by atoms with Gasteiger partial charge in [-0.25, -0.2) is 19.6 Å². The number of rotatable bonds is 5. The Balaban J connectivity index is 1.69. The van der Waals surface area contributed by atoms with Crippen LogP contribution in [0.5, 0.6) is 0 Å². The van der Waals surface area contributed by atoms with E-state index in [1.807, 2.05) is 24.1 Å². The van der Waals surface area contributed by atoms with Crippen molar-refractivity contribution in [3.8, 4) is 5.69 Å². The zero-order valence-electron chi connectivity index (χ0n) is 19.4. The quantitative estimate of drug-likeness (QED) is 0.428. The van der Waals surface area contributed by atoms with E-state index in [0.717, 1.165) is 24.9 Å². The molecule has 35 heavy (non-hydrogen) atoms. The number of nitrogens with two attached hydrogens (primary N) is 1. The second-order valence-electron chi connectivity index (χ2n) is 8.45. The number of morpholine rings is 1. The number of hydrazine groups is 1.